The highest BCUT2D eigenvalue weighted by molar-refractivity contribution is 6.19. The van der Waals surface area contributed by atoms with Crippen molar-refractivity contribution in [1.82, 2.24) is 0 Å². The quantitative estimate of drug-likeness (QED) is 0.514. The molecule has 33 heavy (non-hydrogen) atoms. The second kappa shape index (κ2) is 9.16. The van der Waals surface area contributed by atoms with Crippen LogP contribution in [0.25, 0.3) is 0 Å². The zero-order valence-corrected chi connectivity index (χ0v) is 18.6. The van der Waals surface area contributed by atoms with Crippen LogP contribution >= 0.6 is 0 Å². The Hall–Kier alpha value is -4.13. The number of anilines is 3. The van der Waals surface area contributed by atoms with Crippen LogP contribution < -0.4 is 20.7 Å². The largest absolute Gasteiger partial charge is 0.497 e. The molecule has 7 nitrogen and oxygen atoms in total. The lowest BCUT2D eigenvalue weighted by atomic mass is 9.83. The van der Waals surface area contributed by atoms with Gasteiger partial charge in [0.2, 0.25) is 17.7 Å². The highest BCUT2D eigenvalue weighted by Gasteiger charge is 2.42. The van der Waals surface area contributed by atoms with Crippen LogP contribution in [0.2, 0.25) is 0 Å². The molecule has 4 rings (SSSR count). The fraction of sp³-hybridized carbons (Fsp3) is 0.192. The molecule has 3 amide bonds. The van der Waals surface area contributed by atoms with Crippen LogP contribution in [-0.2, 0) is 14.4 Å². The van der Waals surface area contributed by atoms with Gasteiger partial charge in [0.05, 0.1) is 24.4 Å². The first kappa shape index (κ1) is 22.1. The van der Waals surface area contributed by atoms with Crippen LogP contribution in [0.15, 0.2) is 66.7 Å². The van der Waals surface area contributed by atoms with E-state index in [1.807, 2.05) is 32.0 Å². The van der Waals surface area contributed by atoms with Crippen molar-refractivity contribution in [3.63, 3.8) is 0 Å². The maximum atomic E-state index is 13.7. The SMILES string of the molecule is COc1cccc(C(C(=O)Nc2c(C)cccc2C)C2C(=O)Nc3ccccc3NC2=O)c1. The molecule has 0 radical (unpaired) electrons. The third kappa shape index (κ3) is 4.43. The molecule has 168 valence electrons. The smallest absolute Gasteiger partial charge is 0.238 e. The second-order valence-electron chi connectivity index (χ2n) is 8.01. The summed E-state index contributed by atoms with van der Waals surface area (Å²) in [6.45, 7) is 3.79. The lowest BCUT2D eigenvalue weighted by Crippen LogP contribution is -2.41. The van der Waals surface area contributed by atoms with Crippen molar-refractivity contribution in [1.29, 1.82) is 0 Å². The molecular weight excluding hydrogens is 418 g/mol. The molecule has 0 bridgehead atoms. The fourth-order valence-corrected chi connectivity index (χ4v) is 4.09. The van der Waals surface area contributed by atoms with Crippen molar-refractivity contribution in [3.05, 3.63) is 83.4 Å². The monoisotopic (exact) mass is 443 g/mol. The molecule has 0 saturated heterocycles. The van der Waals surface area contributed by atoms with E-state index in [9.17, 15) is 14.4 Å². The van der Waals surface area contributed by atoms with Gasteiger partial charge < -0.3 is 20.7 Å². The van der Waals surface area contributed by atoms with E-state index in [1.54, 1.807) is 48.5 Å². The zero-order chi connectivity index (χ0) is 23.5. The van der Waals surface area contributed by atoms with Gasteiger partial charge in [0.1, 0.15) is 11.7 Å². The summed E-state index contributed by atoms with van der Waals surface area (Å²) in [4.78, 5) is 40.2. The lowest BCUT2D eigenvalue weighted by Gasteiger charge is -2.25. The molecule has 3 N–H and O–H groups in total. The minimum Gasteiger partial charge on any atom is -0.497 e. The van der Waals surface area contributed by atoms with Gasteiger partial charge in [-0.3, -0.25) is 14.4 Å². The molecular formula is C26H25N3O4. The van der Waals surface area contributed by atoms with E-state index in [-0.39, 0.29) is 0 Å². The van der Waals surface area contributed by atoms with Gasteiger partial charge in [-0.2, -0.15) is 0 Å². The summed E-state index contributed by atoms with van der Waals surface area (Å²) in [7, 11) is 1.52. The number of nitrogens with one attached hydrogen (secondary N) is 3. The van der Waals surface area contributed by atoms with Gasteiger partial charge in [-0.15, -0.1) is 0 Å². The number of amides is 3. The summed E-state index contributed by atoms with van der Waals surface area (Å²) < 4.78 is 5.32. The fourth-order valence-electron chi connectivity index (χ4n) is 4.09. The predicted molar refractivity (Wildman–Crippen MR) is 127 cm³/mol. The Morgan fingerprint density at radius 3 is 2.03 bits per heavy atom. The van der Waals surface area contributed by atoms with Crippen molar-refractivity contribution >= 4 is 34.8 Å². The number of aryl methyl sites for hydroxylation is 2. The molecule has 0 saturated carbocycles. The molecule has 0 aromatic heterocycles. The third-order valence-corrected chi connectivity index (χ3v) is 5.81. The Bertz CT molecular complexity index is 1180. The first-order valence-corrected chi connectivity index (χ1v) is 10.6. The number of rotatable bonds is 5. The summed E-state index contributed by atoms with van der Waals surface area (Å²) in [6.07, 6.45) is 0. The summed E-state index contributed by atoms with van der Waals surface area (Å²) in [5, 5.41) is 8.53. The van der Waals surface area contributed by atoms with E-state index in [1.165, 1.54) is 7.11 Å². The van der Waals surface area contributed by atoms with Crippen LogP contribution in [0.5, 0.6) is 5.75 Å². The van der Waals surface area contributed by atoms with Crippen molar-refractivity contribution in [2.24, 2.45) is 5.92 Å². The number of hydrogen-bond donors (Lipinski definition) is 3. The van der Waals surface area contributed by atoms with Crippen molar-refractivity contribution in [2.75, 3.05) is 23.1 Å². The summed E-state index contributed by atoms with van der Waals surface area (Å²) in [5.41, 5.74) is 3.90. The maximum Gasteiger partial charge on any atom is 0.238 e. The molecule has 0 fully saturated rings. The number of carbonyl (C=O) groups is 3. The molecule has 0 spiro atoms. The Morgan fingerprint density at radius 2 is 1.45 bits per heavy atom. The molecule has 1 atom stereocenters. The topological polar surface area (TPSA) is 96.5 Å². The highest BCUT2D eigenvalue weighted by Crippen LogP contribution is 2.35. The van der Waals surface area contributed by atoms with Crippen LogP contribution in [0.1, 0.15) is 22.6 Å². The summed E-state index contributed by atoms with van der Waals surface area (Å²) in [5.74, 6) is -3.43. The van der Waals surface area contributed by atoms with Gasteiger partial charge in [-0.1, -0.05) is 42.5 Å². The van der Waals surface area contributed by atoms with E-state index in [4.69, 9.17) is 4.74 Å². The standard InChI is InChI=1S/C26H25N3O4/c1-15-8-6-9-16(2)23(15)29-24(30)21(17-10-7-11-18(14-17)33-3)22-25(31)27-19-12-4-5-13-20(19)28-26(22)32/h4-14,21-22H,1-3H3,(H,27,31)(H,28,32)(H,29,30). The molecule has 1 aliphatic heterocycles. The van der Waals surface area contributed by atoms with Gasteiger partial charge in [-0.25, -0.2) is 0 Å². The molecule has 7 heteroatoms. The van der Waals surface area contributed by atoms with Gasteiger partial charge >= 0.3 is 0 Å². The van der Waals surface area contributed by atoms with E-state index < -0.39 is 29.6 Å². The van der Waals surface area contributed by atoms with E-state index in [2.05, 4.69) is 16.0 Å². The zero-order valence-electron chi connectivity index (χ0n) is 18.6. The van der Waals surface area contributed by atoms with Gasteiger partial charge in [0.25, 0.3) is 0 Å². The van der Waals surface area contributed by atoms with Crippen molar-refractivity contribution in [2.45, 2.75) is 19.8 Å². The molecule has 3 aromatic carbocycles. The lowest BCUT2D eigenvalue weighted by molar-refractivity contribution is -0.134. The van der Waals surface area contributed by atoms with Crippen LogP contribution in [0.4, 0.5) is 17.1 Å². The van der Waals surface area contributed by atoms with E-state index in [0.29, 0.717) is 28.4 Å². The van der Waals surface area contributed by atoms with Gasteiger partial charge in [0.15, 0.2) is 0 Å². The molecule has 1 unspecified atom stereocenters. The number of benzene rings is 3. The maximum absolute atomic E-state index is 13.7. The predicted octanol–water partition coefficient (Wildman–Crippen LogP) is 4.24. The Morgan fingerprint density at radius 1 is 0.879 bits per heavy atom. The van der Waals surface area contributed by atoms with Gasteiger partial charge in [-0.05, 0) is 54.8 Å². The summed E-state index contributed by atoms with van der Waals surface area (Å²) >= 11 is 0. The number of ether oxygens (including phenoxy) is 1. The minimum absolute atomic E-state index is 0.457. The number of carbonyl (C=O) groups excluding carboxylic acids is 3. The van der Waals surface area contributed by atoms with Crippen LogP contribution in [0.3, 0.4) is 0 Å². The second-order valence-corrected chi connectivity index (χ2v) is 8.01. The average molecular weight is 444 g/mol. The first-order valence-electron chi connectivity index (χ1n) is 10.6. The van der Waals surface area contributed by atoms with Crippen LogP contribution in [0, 0.1) is 19.8 Å². The molecule has 1 aliphatic rings. The summed E-state index contributed by atoms with van der Waals surface area (Å²) in [6, 6.07) is 19.5. The van der Waals surface area contributed by atoms with Crippen molar-refractivity contribution < 1.29 is 19.1 Å². The van der Waals surface area contributed by atoms with Crippen molar-refractivity contribution in [3.8, 4) is 5.75 Å². The Kier molecular flexibility index (Phi) is 6.13. The first-order chi connectivity index (χ1) is 15.9. The van der Waals surface area contributed by atoms with E-state index >= 15 is 0 Å². The average Bonchev–Trinajstić information content (AvgIpc) is 2.92. The Labute approximate surface area is 192 Å². The highest BCUT2D eigenvalue weighted by atomic mass is 16.5. The molecule has 3 aromatic rings. The number of fused-ring (bicyclic) bond motifs is 1. The molecule has 0 aliphatic carbocycles. The van der Waals surface area contributed by atoms with Crippen LogP contribution in [-0.4, -0.2) is 24.8 Å². The van der Waals surface area contributed by atoms with E-state index in [0.717, 1.165) is 11.1 Å². The third-order valence-electron chi connectivity index (χ3n) is 5.81. The Balaban J connectivity index is 1.78. The van der Waals surface area contributed by atoms with Gasteiger partial charge in [0, 0.05) is 5.69 Å². The number of para-hydroxylation sites is 3. The normalized spacial score (nSPS) is 14.4. The number of methoxy groups -OCH3 is 1. The molecule has 1 heterocycles. The minimum atomic E-state index is -1.30. The number of hydrogen-bond acceptors (Lipinski definition) is 4.